The maximum atomic E-state index is 5.13. The minimum Gasteiger partial charge on any atom is -0.497 e. The van der Waals surface area contributed by atoms with Crippen LogP contribution in [0.1, 0.15) is 11.4 Å². The van der Waals surface area contributed by atoms with Gasteiger partial charge in [-0.2, -0.15) is 0 Å². The summed E-state index contributed by atoms with van der Waals surface area (Å²) < 4.78 is 10.7. The summed E-state index contributed by atoms with van der Waals surface area (Å²) in [5.41, 5.74) is 1.15. The molecular weight excluding hydrogens is 274 g/mol. The molecule has 0 unspecified atom stereocenters. The van der Waals surface area contributed by atoms with Crippen LogP contribution in [0.2, 0.25) is 0 Å². The van der Waals surface area contributed by atoms with Gasteiger partial charge in [-0.1, -0.05) is 24.4 Å². The molecular formula is C14H17N3O2S. The lowest BCUT2D eigenvalue weighted by molar-refractivity contribution is 0.178. The molecule has 2 N–H and O–H groups in total. The van der Waals surface area contributed by atoms with Gasteiger partial charge < -0.3 is 19.8 Å². The molecule has 0 radical (unpaired) electrons. The number of methoxy groups -OCH3 is 2. The minimum absolute atomic E-state index is 0.404. The summed E-state index contributed by atoms with van der Waals surface area (Å²) in [6.45, 7) is 1.09. The largest absolute Gasteiger partial charge is 0.497 e. The maximum absolute atomic E-state index is 5.13. The lowest BCUT2D eigenvalue weighted by Crippen LogP contribution is -2.05. The Morgan fingerprint density at radius 3 is 2.65 bits per heavy atom. The van der Waals surface area contributed by atoms with Gasteiger partial charge in [-0.05, 0) is 17.7 Å². The predicted molar refractivity (Wildman–Crippen MR) is 80.5 cm³/mol. The minimum atomic E-state index is 0.404. The fourth-order valence-corrected chi connectivity index (χ4v) is 1.98. The van der Waals surface area contributed by atoms with Crippen LogP contribution in [0.3, 0.4) is 0 Å². The first-order valence-electron chi connectivity index (χ1n) is 6.17. The van der Waals surface area contributed by atoms with Gasteiger partial charge in [-0.25, -0.2) is 4.98 Å². The fourth-order valence-electron chi connectivity index (χ4n) is 1.75. The van der Waals surface area contributed by atoms with Crippen molar-refractivity contribution in [1.29, 1.82) is 0 Å². The number of nitrogens with one attached hydrogen (secondary N) is 2. The van der Waals surface area contributed by atoms with Crippen molar-refractivity contribution in [2.24, 2.45) is 0 Å². The van der Waals surface area contributed by atoms with Gasteiger partial charge in [0.25, 0.3) is 0 Å². The molecule has 0 aliphatic rings. The maximum Gasteiger partial charge on any atom is 0.135 e. The molecule has 0 atom stereocenters. The first kappa shape index (κ1) is 14.5. The van der Waals surface area contributed by atoms with E-state index >= 15 is 0 Å². The number of rotatable bonds is 6. The second kappa shape index (κ2) is 7.02. The molecule has 5 nitrogen and oxygen atoms in total. The van der Waals surface area contributed by atoms with Crippen LogP contribution in [0.4, 0.5) is 5.82 Å². The van der Waals surface area contributed by atoms with Crippen LogP contribution in [-0.2, 0) is 17.9 Å². The van der Waals surface area contributed by atoms with E-state index in [1.165, 1.54) is 0 Å². The lowest BCUT2D eigenvalue weighted by atomic mass is 10.2. The first-order valence-corrected chi connectivity index (χ1v) is 6.58. The molecule has 0 bridgehead atoms. The molecule has 1 aromatic heterocycles. The van der Waals surface area contributed by atoms with Crippen LogP contribution in [0.15, 0.2) is 30.3 Å². The summed E-state index contributed by atoms with van der Waals surface area (Å²) in [4.78, 5) is 7.32. The van der Waals surface area contributed by atoms with E-state index in [1.807, 2.05) is 24.3 Å². The number of ether oxygens (including phenoxy) is 2. The topological polar surface area (TPSA) is 59.2 Å². The number of hydrogen-bond acceptors (Lipinski definition) is 5. The molecule has 1 heterocycles. The zero-order valence-corrected chi connectivity index (χ0v) is 12.3. The van der Waals surface area contributed by atoms with Crippen molar-refractivity contribution in [1.82, 2.24) is 9.97 Å². The predicted octanol–water partition coefficient (Wildman–Crippen LogP) is 2.91. The van der Waals surface area contributed by atoms with Crippen molar-refractivity contribution in [3.05, 3.63) is 46.4 Å². The molecule has 6 heteroatoms. The van der Waals surface area contributed by atoms with E-state index in [9.17, 15) is 0 Å². The second-order valence-electron chi connectivity index (χ2n) is 4.21. The summed E-state index contributed by atoms with van der Waals surface area (Å²) in [5, 5.41) is 3.28. The Kier molecular flexibility index (Phi) is 5.09. The first-order chi connectivity index (χ1) is 9.71. The van der Waals surface area contributed by atoms with Gasteiger partial charge in [0.05, 0.1) is 7.11 Å². The number of aromatic amines is 1. The van der Waals surface area contributed by atoms with E-state index in [0.29, 0.717) is 23.6 Å². The Morgan fingerprint density at radius 1 is 1.25 bits per heavy atom. The number of hydrogen-bond donors (Lipinski definition) is 2. The van der Waals surface area contributed by atoms with Crippen molar-refractivity contribution in [2.75, 3.05) is 19.5 Å². The Hall–Kier alpha value is -1.92. The molecule has 0 amide bonds. The average molecular weight is 291 g/mol. The van der Waals surface area contributed by atoms with Crippen molar-refractivity contribution in [3.8, 4) is 5.75 Å². The van der Waals surface area contributed by atoms with E-state index in [2.05, 4.69) is 15.3 Å². The number of H-pyrrole nitrogens is 1. The van der Waals surface area contributed by atoms with Gasteiger partial charge >= 0.3 is 0 Å². The van der Waals surface area contributed by atoms with E-state index < -0.39 is 0 Å². The van der Waals surface area contributed by atoms with E-state index in [0.717, 1.165) is 17.1 Å². The van der Waals surface area contributed by atoms with Crippen molar-refractivity contribution < 1.29 is 9.47 Å². The summed E-state index contributed by atoms with van der Waals surface area (Å²) in [6.07, 6.45) is 0. The summed E-state index contributed by atoms with van der Waals surface area (Å²) >= 11 is 5.12. The summed E-state index contributed by atoms with van der Waals surface area (Å²) in [7, 11) is 3.28. The molecule has 106 valence electrons. The Labute approximate surface area is 123 Å². The quantitative estimate of drug-likeness (QED) is 0.801. The van der Waals surface area contributed by atoms with Crippen LogP contribution < -0.4 is 10.1 Å². The van der Waals surface area contributed by atoms with E-state index in [1.54, 1.807) is 20.3 Å². The number of benzene rings is 1. The SMILES string of the molecule is COCc1nc(=S)cc(NCc2ccc(OC)cc2)[nH]1. The third-order valence-corrected chi connectivity index (χ3v) is 2.92. The van der Waals surface area contributed by atoms with Crippen molar-refractivity contribution in [3.63, 3.8) is 0 Å². The van der Waals surface area contributed by atoms with Gasteiger partial charge in [-0.15, -0.1) is 0 Å². The fraction of sp³-hybridized carbons (Fsp3) is 0.286. The van der Waals surface area contributed by atoms with Gasteiger partial charge in [0.15, 0.2) is 0 Å². The molecule has 1 aromatic carbocycles. The highest BCUT2D eigenvalue weighted by Gasteiger charge is 2.00. The highest BCUT2D eigenvalue weighted by Crippen LogP contribution is 2.13. The number of aromatic nitrogens is 2. The van der Waals surface area contributed by atoms with Crippen LogP contribution >= 0.6 is 12.2 Å². The number of anilines is 1. The standard InChI is InChI=1S/C14H17N3O2S/c1-18-9-13-16-12(7-14(20)17-13)15-8-10-3-5-11(19-2)6-4-10/h3-7H,8-9H2,1-2H3,(H2,15,16,17,20). The highest BCUT2D eigenvalue weighted by molar-refractivity contribution is 7.71. The molecule has 0 aliphatic carbocycles. The smallest absolute Gasteiger partial charge is 0.135 e. The summed E-state index contributed by atoms with van der Waals surface area (Å²) in [5.74, 6) is 2.38. The second-order valence-corrected chi connectivity index (χ2v) is 4.63. The molecule has 0 aliphatic heterocycles. The third kappa shape index (κ3) is 4.04. The lowest BCUT2D eigenvalue weighted by Gasteiger charge is -2.09. The highest BCUT2D eigenvalue weighted by atomic mass is 32.1. The van der Waals surface area contributed by atoms with Crippen LogP contribution in [0.5, 0.6) is 5.75 Å². The zero-order valence-electron chi connectivity index (χ0n) is 11.5. The van der Waals surface area contributed by atoms with Crippen molar-refractivity contribution >= 4 is 18.0 Å². The van der Waals surface area contributed by atoms with Gasteiger partial charge in [0.1, 0.15) is 28.6 Å². The third-order valence-electron chi connectivity index (χ3n) is 2.71. The Balaban J connectivity index is 2.04. The zero-order chi connectivity index (χ0) is 14.4. The Bertz CT molecular complexity index is 611. The molecule has 0 fully saturated rings. The number of nitrogens with zero attached hydrogens (tertiary/aromatic N) is 1. The molecule has 2 rings (SSSR count). The monoisotopic (exact) mass is 291 g/mol. The van der Waals surface area contributed by atoms with E-state index in [-0.39, 0.29) is 0 Å². The molecule has 2 aromatic rings. The van der Waals surface area contributed by atoms with Gasteiger partial charge in [0.2, 0.25) is 0 Å². The van der Waals surface area contributed by atoms with Crippen LogP contribution in [0, 0.1) is 4.64 Å². The molecule has 20 heavy (non-hydrogen) atoms. The average Bonchev–Trinajstić information content (AvgIpc) is 2.45. The molecule has 0 saturated carbocycles. The van der Waals surface area contributed by atoms with Crippen molar-refractivity contribution in [2.45, 2.75) is 13.2 Å². The van der Waals surface area contributed by atoms with Crippen LogP contribution in [-0.4, -0.2) is 24.2 Å². The van der Waals surface area contributed by atoms with Gasteiger partial charge in [0, 0.05) is 19.7 Å². The van der Waals surface area contributed by atoms with Gasteiger partial charge in [-0.3, -0.25) is 0 Å². The molecule has 0 spiro atoms. The molecule has 0 saturated heterocycles. The Morgan fingerprint density at radius 2 is 2.00 bits per heavy atom. The normalized spacial score (nSPS) is 10.3. The summed E-state index contributed by atoms with van der Waals surface area (Å²) in [6, 6.07) is 9.68. The van der Waals surface area contributed by atoms with E-state index in [4.69, 9.17) is 21.7 Å². The van der Waals surface area contributed by atoms with Crippen LogP contribution in [0.25, 0.3) is 0 Å².